The maximum Gasteiger partial charge on any atom is 0.244 e. The van der Waals surface area contributed by atoms with Gasteiger partial charge in [-0.2, -0.15) is 0 Å². The molecule has 0 spiro atoms. The lowest BCUT2D eigenvalue weighted by Crippen LogP contribution is -2.26. The molecule has 0 amide bonds. The van der Waals surface area contributed by atoms with E-state index >= 15 is 0 Å². The van der Waals surface area contributed by atoms with Gasteiger partial charge in [-0.15, -0.1) is 0 Å². The predicted molar refractivity (Wildman–Crippen MR) is 69.5 cm³/mol. The van der Waals surface area contributed by atoms with Crippen molar-refractivity contribution in [3.05, 3.63) is 22.2 Å². The van der Waals surface area contributed by atoms with Crippen molar-refractivity contribution in [1.82, 2.24) is 4.72 Å². The summed E-state index contributed by atoms with van der Waals surface area (Å²) in [5.74, 6) is 0.324. The Balaban J connectivity index is 2.79. The molecule has 100 valence electrons. The number of halogens is 1. The lowest BCUT2D eigenvalue weighted by molar-refractivity contribution is 0.261. The zero-order valence-corrected chi connectivity index (χ0v) is 11.7. The Bertz CT molecular complexity index is 586. The van der Waals surface area contributed by atoms with Gasteiger partial charge in [-0.3, -0.25) is 0 Å². The first-order valence-electron chi connectivity index (χ1n) is 5.53. The minimum Gasteiger partial charge on any atom is -0.492 e. The monoisotopic (exact) mass is 290 g/mol. The van der Waals surface area contributed by atoms with Gasteiger partial charge in [0.2, 0.25) is 10.0 Å². The van der Waals surface area contributed by atoms with Gasteiger partial charge in [0.05, 0.1) is 6.61 Å². The van der Waals surface area contributed by atoms with Gasteiger partial charge >= 0.3 is 0 Å². The number of benzene rings is 1. The second-order valence-corrected chi connectivity index (χ2v) is 6.41. The summed E-state index contributed by atoms with van der Waals surface area (Å²) < 4.78 is 31.9. The Kier molecular flexibility index (Phi) is 3.55. The number of nitrogens with two attached hydrogens (primary N) is 1. The predicted octanol–water partition coefficient (Wildman–Crippen LogP) is 1.34. The van der Waals surface area contributed by atoms with E-state index in [1.165, 1.54) is 7.05 Å². The summed E-state index contributed by atoms with van der Waals surface area (Å²) in [5, 5.41) is 0.378. The molecular weight excluding hydrogens is 276 g/mol. The quantitative estimate of drug-likeness (QED) is 0.861. The highest BCUT2D eigenvalue weighted by Crippen LogP contribution is 2.41. The van der Waals surface area contributed by atoms with Crippen LogP contribution in [0.15, 0.2) is 11.0 Å². The second kappa shape index (κ2) is 4.70. The molecule has 3 N–H and O–H groups in total. The maximum atomic E-state index is 12.1. The van der Waals surface area contributed by atoms with Crippen molar-refractivity contribution >= 4 is 21.6 Å². The van der Waals surface area contributed by atoms with Crippen LogP contribution in [0.1, 0.15) is 23.6 Å². The van der Waals surface area contributed by atoms with Crippen LogP contribution in [0.3, 0.4) is 0 Å². The summed E-state index contributed by atoms with van der Waals surface area (Å²) in [4.78, 5) is 0.0858. The van der Waals surface area contributed by atoms with Crippen molar-refractivity contribution in [3.8, 4) is 5.75 Å². The van der Waals surface area contributed by atoms with Crippen molar-refractivity contribution in [2.45, 2.75) is 24.3 Å². The van der Waals surface area contributed by atoms with Crippen LogP contribution in [0, 0.1) is 6.92 Å². The molecule has 1 aromatic carbocycles. The van der Waals surface area contributed by atoms with Gasteiger partial charge in [-0.25, -0.2) is 13.1 Å². The van der Waals surface area contributed by atoms with Crippen molar-refractivity contribution in [2.75, 3.05) is 13.7 Å². The third-order valence-corrected chi connectivity index (χ3v) is 5.02. The van der Waals surface area contributed by atoms with Gasteiger partial charge in [0.1, 0.15) is 10.6 Å². The molecule has 0 saturated heterocycles. The number of rotatable bonds is 2. The molecular formula is C11H15ClN2O3S. The first-order valence-corrected chi connectivity index (χ1v) is 7.39. The summed E-state index contributed by atoms with van der Waals surface area (Å²) in [6.07, 6.45) is 0.644. The van der Waals surface area contributed by atoms with E-state index in [1.54, 1.807) is 13.0 Å². The van der Waals surface area contributed by atoms with E-state index in [4.69, 9.17) is 22.1 Å². The molecule has 0 aromatic heterocycles. The Morgan fingerprint density at radius 3 is 2.83 bits per heavy atom. The summed E-state index contributed by atoms with van der Waals surface area (Å²) in [5.41, 5.74) is 7.08. The summed E-state index contributed by atoms with van der Waals surface area (Å²) >= 11 is 6.08. The fraction of sp³-hybridized carbons (Fsp3) is 0.455. The molecule has 1 heterocycles. The van der Waals surface area contributed by atoms with Gasteiger partial charge < -0.3 is 10.5 Å². The van der Waals surface area contributed by atoms with E-state index < -0.39 is 10.0 Å². The van der Waals surface area contributed by atoms with Crippen LogP contribution in [-0.4, -0.2) is 22.1 Å². The highest BCUT2D eigenvalue weighted by Gasteiger charge is 2.30. The third-order valence-electron chi connectivity index (χ3n) is 3.06. The van der Waals surface area contributed by atoms with E-state index in [-0.39, 0.29) is 10.9 Å². The van der Waals surface area contributed by atoms with E-state index in [0.717, 1.165) is 0 Å². The Morgan fingerprint density at radius 2 is 2.22 bits per heavy atom. The fourth-order valence-electron chi connectivity index (χ4n) is 2.01. The van der Waals surface area contributed by atoms with Crippen LogP contribution < -0.4 is 15.2 Å². The largest absolute Gasteiger partial charge is 0.492 e. The average Bonchev–Trinajstić information content (AvgIpc) is 2.32. The highest BCUT2D eigenvalue weighted by atomic mass is 35.5. The molecule has 0 bridgehead atoms. The topological polar surface area (TPSA) is 81.4 Å². The molecule has 2 rings (SSSR count). The molecule has 0 fully saturated rings. The standard InChI is InChI=1S/C11H15ClN2O3S/c1-6-8(12)5-7-9(13)3-4-17-10(7)11(6)18(15,16)14-2/h5,9,14H,3-4,13H2,1-2H3. The van der Waals surface area contributed by atoms with Crippen LogP contribution in [0.4, 0.5) is 0 Å². The van der Waals surface area contributed by atoms with E-state index in [1.807, 2.05) is 0 Å². The Morgan fingerprint density at radius 1 is 1.56 bits per heavy atom. The Hall–Kier alpha value is -0.820. The molecule has 0 saturated carbocycles. The van der Waals surface area contributed by atoms with Crippen LogP contribution in [0.2, 0.25) is 5.02 Å². The molecule has 1 aromatic rings. The number of sulfonamides is 1. The summed E-state index contributed by atoms with van der Waals surface area (Å²) in [6, 6.07) is 1.43. The third kappa shape index (κ3) is 2.09. The summed E-state index contributed by atoms with van der Waals surface area (Å²) in [7, 11) is -2.28. The molecule has 0 aliphatic carbocycles. The lowest BCUT2D eigenvalue weighted by Gasteiger charge is -2.26. The molecule has 7 heteroatoms. The van der Waals surface area contributed by atoms with Gasteiger partial charge in [-0.1, -0.05) is 11.6 Å². The van der Waals surface area contributed by atoms with Crippen molar-refractivity contribution in [1.29, 1.82) is 0 Å². The minimum absolute atomic E-state index is 0.0858. The molecule has 5 nitrogen and oxygen atoms in total. The SMILES string of the molecule is CNS(=O)(=O)c1c(C)c(Cl)cc2c1OCCC2N. The zero-order valence-electron chi connectivity index (χ0n) is 10.2. The summed E-state index contributed by atoms with van der Waals surface area (Å²) in [6.45, 7) is 2.05. The molecule has 1 aliphatic heterocycles. The highest BCUT2D eigenvalue weighted by molar-refractivity contribution is 7.89. The molecule has 1 unspecified atom stereocenters. The van der Waals surface area contributed by atoms with Crippen LogP contribution in [0.5, 0.6) is 5.75 Å². The van der Waals surface area contributed by atoms with Crippen molar-refractivity contribution in [2.24, 2.45) is 5.73 Å². The van der Waals surface area contributed by atoms with Gasteiger partial charge in [-0.05, 0) is 25.6 Å². The fourth-order valence-corrected chi connectivity index (χ4v) is 3.42. The van der Waals surface area contributed by atoms with Gasteiger partial charge in [0.25, 0.3) is 0 Å². The van der Waals surface area contributed by atoms with E-state index in [2.05, 4.69) is 4.72 Å². The van der Waals surface area contributed by atoms with Crippen LogP contribution in [-0.2, 0) is 10.0 Å². The van der Waals surface area contributed by atoms with Crippen molar-refractivity contribution < 1.29 is 13.2 Å². The smallest absolute Gasteiger partial charge is 0.244 e. The number of fused-ring (bicyclic) bond motifs is 1. The van der Waals surface area contributed by atoms with Gasteiger partial charge in [0.15, 0.2) is 0 Å². The van der Waals surface area contributed by atoms with E-state index in [9.17, 15) is 8.42 Å². The normalized spacial score (nSPS) is 19.2. The molecule has 1 aliphatic rings. The number of hydrogen-bond donors (Lipinski definition) is 2. The molecule has 18 heavy (non-hydrogen) atoms. The Labute approximate surface area is 111 Å². The average molecular weight is 291 g/mol. The van der Waals surface area contributed by atoms with Crippen molar-refractivity contribution in [3.63, 3.8) is 0 Å². The van der Waals surface area contributed by atoms with E-state index in [0.29, 0.717) is 34.9 Å². The number of hydrogen-bond acceptors (Lipinski definition) is 4. The number of nitrogens with one attached hydrogen (secondary N) is 1. The van der Waals surface area contributed by atoms with Crippen LogP contribution in [0.25, 0.3) is 0 Å². The maximum absolute atomic E-state index is 12.1. The molecule has 0 radical (unpaired) electrons. The first kappa shape index (κ1) is 13.6. The second-order valence-electron chi connectivity index (χ2n) is 4.18. The van der Waals surface area contributed by atoms with Gasteiger partial charge in [0, 0.05) is 23.0 Å². The minimum atomic E-state index is -3.63. The zero-order chi connectivity index (χ0) is 13.5. The van der Waals surface area contributed by atoms with Crippen LogP contribution >= 0.6 is 11.6 Å². The molecule has 1 atom stereocenters. The lowest BCUT2D eigenvalue weighted by atomic mass is 10.00. The first-order chi connectivity index (χ1) is 8.38. The number of ether oxygens (including phenoxy) is 1.